The zero-order chi connectivity index (χ0) is 10.1. The number of nitrogens with zero attached hydrogens (tertiary/aromatic N) is 1. The molecule has 0 aliphatic carbocycles. The van der Waals surface area contributed by atoms with Crippen LogP contribution in [0.4, 0.5) is 0 Å². The number of nitriles is 1. The standard InChI is InChI=1S/C9H9NO.C2H6/c1-2-11-9-5-3-8(7-10)4-6-9;1-2/h3-6H,2H2,1H3;1-2H3. The predicted molar refractivity (Wildman–Crippen MR) is 53.7 cm³/mol. The van der Waals surface area contributed by atoms with Gasteiger partial charge in [-0.3, -0.25) is 0 Å². The van der Waals surface area contributed by atoms with E-state index >= 15 is 0 Å². The first-order valence-electron chi connectivity index (χ1n) is 4.49. The molecule has 0 bridgehead atoms. The van der Waals surface area contributed by atoms with E-state index in [0.717, 1.165) is 5.75 Å². The summed E-state index contributed by atoms with van der Waals surface area (Å²) < 4.78 is 5.20. The number of hydrogen-bond donors (Lipinski definition) is 0. The number of hydrogen-bond acceptors (Lipinski definition) is 2. The van der Waals surface area contributed by atoms with E-state index in [-0.39, 0.29) is 0 Å². The summed E-state index contributed by atoms with van der Waals surface area (Å²) >= 11 is 0. The highest BCUT2D eigenvalue weighted by atomic mass is 16.5. The summed E-state index contributed by atoms with van der Waals surface area (Å²) in [6.45, 7) is 6.59. The van der Waals surface area contributed by atoms with Crippen molar-refractivity contribution in [3.63, 3.8) is 0 Å². The molecular formula is C11H15NO. The fourth-order valence-corrected chi connectivity index (χ4v) is 0.792. The van der Waals surface area contributed by atoms with Crippen LogP contribution in [0.3, 0.4) is 0 Å². The highest BCUT2D eigenvalue weighted by molar-refractivity contribution is 5.34. The largest absolute Gasteiger partial charge is 0.494 e. The molecule has 0 spiro atoms. The first kappa shape index (κ1) is 11.5. The summed E-state index contributed by atoms with van der Waals surface area (Å²) in [5, 5.41) is 8.47. The van der Waals surface area contributed by atoms with Crippen molar-refractivity contribution < 1.29 is 4.74 Å². The van der Waals surface area contributed by atoms with Gasteiger partial charge in [0.1, 0.15) is 5.75 Å². The van der Waals surface area contributed by atoms with Crippen LogP contribution in [-0.2, 0) is 0 Å². The van der Waals surface area contributed by atoms with Gasteiger partial charge in [0.25, 0.3) is 0 Å². The van der Waals surface area contributed by atoms with E-state index < -0.39 is 0 Å². The normalized spacial score (nSPS) is 7.85. The van der Waals surface area contributed by atoms with E-state index in [1.807, 2.05) is 26.8 Å². The van der Waals surface area contributed by atoms with E-state index in [2.05, 4.69) is 0 Å². The van der Waals surface area contributed by atoms with Crippen molar-refractivity contribution in [1.82, 2.24) is 0 Å². The highest BCUT2D eigenvalue weighted by Crippen LogP contribution is 2.10. The van der Waals surface area contributed by atoms with E-state index in [1.165, 1.54) is 0 Å². The van der Waals surface area contributed by atoms with Gasteiger partial charge in [0.2, 0.25) is 0 Å². The molecule has 0 fully saturated rings. The van der Waals surface area contributed by atoms with E-state index in [1.54, 1.807) is 24.3 Å². The molecule has 13 heavy (non-hydrogen) atoms. The third-order valence-electron chi connectivity index (χ3n) is 1.29. The maximum Gasteiger partial charge on any atom is 0.119 e. The summed E-state index contributed by atoms with van der Waals surface area (Å²) in [5.74, 6) is 0.812. The lowest BCUT2D eigenvalue weighted by molar-refractivity contribution is 0.340. The Balaban J connectivity index is 0.000000671. The molecule has 0 saturated heterocycles. The molecule has 0 heterocycles. The van der Waals surface area contributed by atoms with E-state index in [0.29, 0.717) is 12.2 Å². The maximum atomic E-state index is 8.47. The molecule has 1 aromatic carbocycles. The Labute approximate surface area is 79.8 Å². The number of rotatable bonds is 2. The lowest BCUT2D eigenvalue weighted by Crippen LogP contribution is -1.90. The molecule has 0 aromatic heterocycles. The quantitative estimate of drug-likeness (QED) is 0.695. The second-order valence-corrected chi connectivity index (χ2v) is 2.07. The Bertz CT molecular complexity index is 258. The Hall–Kier alpha value is -1.49. The first-order chi connectivity index (χ1) is 6.36. The predicted octanol–water partition coefficient (Wildman–Crippen LogP) is 2.98. The average Bonchev–Trinajstić information content (AvgIpc) is 2.23. The van der Waals surface area contributed by atoms with Crippen molar-refractivity contribution in [2.45, 2.75) is 20.8 Å². The minimum absolute atomic E-state index is 0.659. The van der Waals surface area contributed by atoms with Gasteiger partial charge >= 0.3 is 0 Å². The zero-order valence-electron chi connectivity index (χ0n) is 8.37. The van der Waals surface area contributed by atoms with Crippen molar-refractivity contribution in [3.8, 4) is 11.8 Å². The van der Waals surface area contributed by atoms with Crippen LogP contribution in [0.5, 0.6) is 5.75 Å². The van der Waals surface area contributed by atoms with E-state index in [9.17, 15) is 0 Å². The van der Waals surface area contributed by atoms with Gasteiger partial charge in [-0.2, -0.15) is 5.26 Å². The highest BCUT2D eigenvalue weighted by Gasteiger charge is 1.91. The lowest BCUT2D eigenvalue weighted by Gasteiger charge is -2.00. The number of benzene rings is 1. The second-order valence-electron chi connectivity index (χ2n) is 2.07. The van der Waals surface area contributed by atoms with Crippen molar-refractivity contribution in [2.24, 2.45) is 0 Å². The summed E-state index contributed by atoms with van der Waals surface area (Å²) in [7, 11) is 0. The molecule has 1 rings (SSSR count). The summed E-state index contributed by atoms with van der Waals surface area (Å²) in [4.78, 5) is 0. The third-order valence-corrected chi connectivity index (χ3v) is 1.29. The van der Waals surface area contributed by atoms with Crippen molar-refractivity contribution in [3.05, 3.63) is 29.8 Å². The SMILES string of the molecule is CC.CCOc1ccc(C#N)cc1. The zero-order valence-corrected chi connectivity index (χ0v) is 8.37. The summed E-state index contributed by atoms with van der Waals surface area (Å²) in [6, 6.07) is 9.11. The maximum absolute atomic E-state index is 8.47. The molecule has 0 aliphatic rings. The van der Waals surface area contributed by atoms with Crippen molar-refractivity contribution in [2.75, 3.05) is 6.61 Å². The van der Waals surface area contributed by atoms with E-state index in [4.69, 9.17) is 10.00 Å². The van der Waals surface area contributed by atoms with Crippen LogP contribution in [0.15, 0.2) is 24.3 Å². The Morgan fingerprint density at radius 2 is 1.77 bits per heavy atom. The monoisotopic (exact) mass is 177 g/mol. The number of ether oxygens (including phenoxy) is 1. The average molecular weight is 177 g/mol. The van der Waals surface area contributed by atoms with Crippen molar-refractivity contribution in [1.29, 1.82) is 5.26 Å². The lowest BCUT2D eigenvalue weighted by atomic mass is 10.2. The third kappa shape index (κ3) is 4.17. The van der Waals surface area contributed by atoms with Gasteiger partial charge in [-0.25, -0.2) is 0 Å². The van der Waals surface area contributed by atoms with Gasteiger partial charge in [-0.1, -0.05) is 13.8 Å². The molecule has 2 heteroatoms. The molecule has 0 N–H and O–H groups in total. The Morgan fingerprint density at radius 1 is 1.23 bits per heavy atom. The molecular weight excluding hydrogens is 162 g/mol. The molecule has 1 aromatic rings. The molecule has 0 aliphatic heterocycles. The smallest absolute Gasteiger partial charge is 0.119 e. The minimum atomic E-state index is 0.659. The molecule has 2 nitrogen and oxygen atoms in total. The second kappa shape index (κ2) is 7.17. The summed E-state index contributed by atoms with van der Waals surface area (Å²) in [5.41, 5.74) is 0.661. The van der Waals surface area contributed by atoms with Crippen LogP contribution in [0.2, 0.25) is 0 Å². The van der Waals surface area contributed by atoms with Gasteiger partial charge in [0, 0.05) is 0 Å². The van der Waals surface area contributed by atoms with Gasteiger partial charge in [0.15, 0.2) is 0 Å². The molecule has 70 valence electrons. The fourth-order valence-electron chi connectivity index (χ4n) is 0.792. The Morgan fingerprint density at radius 3 is 2.15 bits per heavy atom. The fraction of sp³-hybridized carbons (Fsp3) is 0.364. The van der Waals surface area contributed by atoms with Gasteiger partial charge in [0.05, 0.1) is 18.2 Å². The molecule has 0 amide bonds. The van der Waals surface area contributed by atoms with Gasteiger partial charge in [-0.15, -0.1) is 0 Å². The van der Waals surface area contributed by atoms with Crippen LogP contribution >= 0.6 is 0 Å². The molecule has 0 unspecified atom stereocenters. The minimum Gasteiger partial charge on any atom is -0.494 e. The van der Waals surface area contributed by atoms with Crippen LogP contribution in [0.25, 0.3) is 0 Å². The van der Waals surface area contributed by atoms with Crippen LogP contribution in [0, 0.1) is 11.3 Å². The molecule has 0 radical (unpaired) electrons. The van der Waals surface area contributed by atoms with Crippen molar-refractivity contribution >= 4 is 0 Å². The Kier molecular flexibility index (Phi) is 6.35. The van der Waals surface area contributed by atoms with Gasteiger partial charge < -0.3 is 4.74 Å². The summed E-state index contributed by atoms with van der Waals surface area (Å²) in [6.07, 6.45) is 0. The first-order valence-corrected chi connectivity index (χ1v) is 4.49. The van der Waals surface area contributed by atoms with Crippen LogP contribution in [0.1, 0.15) is 26.3 Å². The molecule has 0 saturated carbocycles. The molecule has 0 atom stereocenters. The van der Waals surface area contributed by atoms with Gasteiger partial charge in [-0.05, 0) is 31.2 Å². The topological polar surface area (TPSA) is 33.0 Å². The van der Waals surface area contributed by atoms with Crippen LogP contribution in [-0.4, -0.2) is 6.61 Å². The van der Waals surface area contributed by atoms with Crippen LogP contribution < -0.4 is 4.74 Å².